The number of para-hydroxylation sites is 2. The van der Waals surface area contributed by atoms with E-state index in [0.717, 1.165) is 84.6 Å². The summed E-state index contributed by atoms with van der Waals surface area (Å²) in [7, 11) is 0. The lowest BCUT2D eigenvalue weighted by Crippen LogP contribution is -2.25. The van der Waals surface area contributed by atoms with Crippen LogP contribution in [0.5, 0.6) is 11.5 Å². The first kappa shape index (κ1) is 50.8. The van der Waals surface area contributed by atoms with Crippen molar-refractivity contribution in [1.82, 2.24) is 4.57 Å². The molecule has 2 heterocycles. The molecule has 0 fully saturated rings. The van der Waals surface area contributed by atoms with Gasteiger partial charge in [-0.25, -0.2) is 0 Å². The van der Waals surface area contributed by atoms with Gasteiger partial charge in [0.15, 0.2) is 0 Å². The highest BCUT2D eigenvalue weighted by Gasteiger charge is 2.17. The van der Waals surface area contributed by atoms with Gasteiger partial charge in [-0.05, 0) is 140 Å². The molecule has 0 radical (unpaired) electrons. The van der Waals surface area contributed by atoms with Crippen LogP contribution in [0.25, 0.3) is 74.0 Å². The van der Waals surface area contributed by atoms with Crippen LogP contribution >= 0.6 is 0 Å². The lowest BCUT2D eigenvalue weighted by atomic mass is 9.93. The number of ether oxygens (including phenoxy) is 1. The fourth-order valence-electron chi connectivity index (χ4n) is 8.64. The highest BCUT2D eigenvalue weighted by atomic mass is 16.5. The van der Waals surface area contributed by atoms with Gasteiger partial charge in [0.2, 0.25) is 0 Å². The second-order valence-corrected chi connectivity index (χ2v) is 16.6. The lowest BCUT2D eigenvalue weighted by Gasteiger charge is -2.13. The van der Waals surface area contributed by atoms with Gasteiger partial charge in [-0.1, -0.05) is 193 Å². The maximum Gasteiger partial charge on any atom is 0.137 e. The number of aryl methyl sites for hydroxylation is 4. The Morgan fingerprint density at radius 3 is 2.01 bits per heavy atom. The van der Waals surface area contributed by atoms with Gasteiger partial charge in [-0.15, -0.1) is 0 Å². The van der Waals surface area contributed by atoms with E-state index in [1.807, 2.05) is 70.2 Å². The van der Waals surface area contributed by atoms with Crippen LogP contribution in [0.1, 0.15) is 87.8 Å². The molecule has 9 aromatic rings. The van der Waals surface area contributed by atoms with Crippen LogP contribution in [0.4, 0.5) is 0 Å². The van der Waals surface area contributed by atoms with Crippen molar-refractivity contribution in [2.45, 2.75) is 82.1 Å². The van der Waals surface area contributed by atoms with E-state index < -0.39 is 0 Å². The van der Waals surface area contributed by atoms with Gasteiger partial charge < -0.3 is 13.7 Å². The molecule has 1 aliphatic carbocycles. The van der Waals surface area contributed by atoms with Crippen molar-refractivity contribution in [2.24, 2.45) is 0 Å². The molecule has 0 unspecified atom stereocenters. The Morgan fingerprint density at radius 2 is 1.29 bits per heavy atom. The largest absolute Gasteiger partial charge is 0.457 e. The minimum atomic E-state index is 0.877. The summed E-state index contributed by atoms with van der Waals surface area (Å²) in [6.07, 6.45) is 15.0. The predicted molar refractivity (Wildman–Crippen MR) is 302 cm³/mol. The minimum Gasteiger partial charge on any atom is -0.457 e. The third kappa shape index (κ3) is 11.6. The SMILES string of the molecule is C/C=C(\CC)c1ccc(C)c(Oc2ccccc2C)c1.C1=CCC=CC(c2ccccc2)=C1.C=c1c(=C)n(-c2ccc3c(c2)oc2ccccc23)c2ccc(C)c(-c3ccccc3C)c12.CC.CC. The standard InChI is InChI=1S/C30H23NO.C19H22O.C13H12.2C2H6/c1-18-9-5-6-10-23(18)29-19(2)13-16-26-30(29)20(3)21(4)31(26)22-14-15-25-24-11-7-8-12-27(24)32-28(25)17-22;1-5-16(6-2)17-12-11-15(4)19(13-17)20-18-10-8-7-9-14(18)3;1-2-5-9-12(8-4-1)13-10-6-3-7-11-13;2*1-2/h5-17H,3-4H2,1-2H3;5,7-13H,6H2,1-4H3;1,3-11H,2H2;2*1-2H3/b;16-5+;;;. The van der Waals surface area contributed by atoms with Gasteiger partial charge >= 0.3 is 0 Å². The van der Waals surface area contributed by atoms with E-state index in [1.165, 1.54) is 44.5 Å². The van der Waals surface area contributed by atoms with Crippen LogP contribution < -0.4 is 15.3 Å². The number of furan rings is 1. The fourth-order valence-corrected chi connectivity index (χ4v) is 8.64. The highest BCUT2D eigenvalue weighted by Crippen LogP contribution is 2.35. The van der Waals surface area contributed by atoms with Crippen molar-refractivity contribution < 1.29 is 9.15 Å². The first-order valence-electron chi connectivity index (χ1n) is 24.5. The molecule has 3 heteroatoms. The summed E-state index contributed by atoms with van der Waals surface area (Å²) >= 11 is 0. The molecule has 7 aromatic carbocycles. The zero-order chi connectivity index (χ0) is 49.5. The highest BCUT2D eigenvalue weighted by molar-refractivity contribution is 6.06. The quantitative estimate of drug-likeness (QED) is 0.159. The molecule has 0 saturated carbocycles. The van der Waals surface area contributed by atoms with E-state index in [2.05, 4.69) is 205 Å². The Labute approximate surface area is 411 Å². The molecular weight excluding hydrogens is 839 g/mol. The molecule has 350 valence electrons. The summed E-state index contributed by atoms with van der Waals surface area (Å²) in [6, 6.07) is 52.5. The lowest BCUT2D eigenvalue weighted by molar-refractivity contribution is 0.475. The Kier molecular flexibility index (Phi) is 18.0. The first-order chi connectivity index (χ1) is 33.7. The van der Waals surface area contributed by atoms with Gasteiger partial charge in [0.05, 0.1) is 5.52 Å². The number of nitrogens with zero attached hydrogens (tertiary/aromatic N) is 1. The minimum absolute atomic E-state index is 0.877. The summed E-state index contributed by atoms with van der Waals surface area (Å²) in [5.74, 6) is 1.86. The van der Waals surface area contributed by atoms with Crippen LogP contribution in [-0.4, -0.2) is 4.57 Å². The molecular formula is C66H69NO2. The third-order valence-electron chi connectivity index (χ3n) is 12.3. The second-order valence-electron chi connectivity index (χ2n) is 16.6. The van der Waals surface area contributed by atoms with E-state index in [9.17, 15) is 0 Å². The van der Waals surface area contributed by atoms with E-state index in [-0.39, 0.29) is 0 Å². The molecule has 0 bridgehead atoms. The Hall–Kier alpha value is -7.62. The number of fused-ring (bicyclic) bond motifs is 4. The van der Waals surface area contributed by atoms with Crippen molar-refractivity contribution in [2.75, 3.05) is 0 Å². The Morgan fingerprint density at radius 1 is 0.638 bits per heavy atom. The molecule has 0 aliphatic heterocycles. The van der Waals surface area contributed by atoms with Gasteiger partial charge in [0.1, 0.15) is 22.7 Å². The van der Waals surface area contributed by atoms with Crippen LogP contribution in [0.2, 0.25) is 0 Å². The zero-order valence-corrected chi connectivity index (χ0v) is 42.5. The average Bonchev–Trinajstić information content (AvgIpc) is 3.71. The summed E-state index contributed by atoms with van der Waals surface area (Å²) < 4.78 is 14.4. The third-order valence-corrected chi connectivity index (χ3v) is 12.3. The molecule has 0 saturated heterocycles. The number of hydrogen-bond donors (Lipinski definition) is 0. The van der Waals surface area contributed by atoms with Crippen molar-refractivity contribution in [3.8, 4) is 28.3 Å². The van der Waals surface area contributed by atoms with E-state index in [0.29, 0.717) is 0 Å². The van der Waals surface area contributed by atoms with Gasteiger partial charge in [-0.2, -0.15) is 0 Å². The van der Waals surface area contributed by atoms with E-state index in [4.69, 9.17) is 9.15 Å². The Balaban J connectivity index is 0.000000181. The summed E-state index contributed by atoms with van der Waals surface area (Å²) in [6.45, 7) is 29.6. The van der Waals surface area contributed by atoms with Gasteiger partial charge in [-0.3, -0.25) is 0 Å². The molecule has 69 heavy (non-hydrogen) atoms. The maximum atomic E-state index is 6.15. The molecule has 0 N–H and O–H groups in total. The maximum absolute atomic E-state index is 6.15. The predicted octanol–water partition coefficient (Wildman–Crippen LogP) is 18.2. The van der Waals surface area contributed by atoms with Crippen LogP contribution in [-0.2, 0) is 0 Å². The molecule has 0 amide bonds. The van der Waals surface area contributed by atoms with Crippen LogP contribution in [0.15, 0.2) is 193 Å². The smallest absolute Gasteiger partial charge is 0.137 e. The fraction of sp³-hybridized carbons (Fsp3) is 0.182. The normalized spacial score (nSPS) is 11.8. The number of aromatic nitrogens is 1. The van der Waals surface area contributed by atoms with Crippen LogP contribution in [0.3, 0.4) is 0 Å². The van der Waals surface area contributed by atoms with Gasteiger partial charge in [0, 0.05) is 38.5 Å². The summed E-state index contributed by atoms with van der Waals surface area (Å²) in [4.78, 5) is 0. The van der Waals surface area contributed by atoms with Crippen molar-refractivity contribution >= 4 is 57.1 Å². The topological polar surface area (TPSA) is 27.3 Å². The van der Waals surface area contributed by atoms with Crippen molar-refractivity contribution in [1.29, 1.82) is 0 Å². The van der Waals surface area contributed by atoms with Crippen molar-refractivity contribution in [3.05, 3.63) is 232 Å². The number of allylic oxidation sites excluding steroid dienone is 8. The first-order valence-corrected chi connectivity index (χ1v) is 24.5. The molecule has 3 nitrogen and oxygen atoms in total. The zero-order valence-electron chi connectivity index (χ0n) is 42.5. The summed E-state index contributed by atoms with van der Waals surface area (Å²) in [5.41, 5.74) is 16.4. The number of rotatable bonds is 7. The molecule has 1 aliphatic rings. The van der Waals surface area contributed by atoms with E-state index >= 15 is 0 Å². The molecule has 2 aromatic heterocycles. The molecule has 0 spiro atoms. The summed E-state index contributed by atoms with van der Waals surface area (Å²) in [5, 5.41) is 5.28. The number of benzene rings is 7. The van der Waals surface area contributed by atoms with Gasteiger partial charge in [0.25, 0.3) is 0 Å². The average molecular weight is 908 g/mol. The van der Waals surface area contributed by atoms with Crippen molar-refractivity contribution in [3.63, 3.8) is 0 Å². The monoisotopic (exact) mass is 908 g/mol. The van der Waals surface area contributed by atoms with E-state index in [1.54, 1.807) is 0 Å². The molecule has 0 atom stereocenters. The Bertz CT molecular complexity index is 3390. The van der Waals surface area contributed by atoms with Crippen LogP contribution in [0, 0.1) is 27.7 Å². The second kappa shape index (κ2) is 24.4. The number of hydrogen-bond acceptors (Lipinski definition) is 2. The molecule has 10 rings (SSSR count).